The number of carbonyl (C=O) groups excluding carboxylic acids is 1. The van der Waals surface area contributed by atoms with Gasteiger partial charge < -0.3 is 10.8 Å². The van der Waals surface area contributed by atoms with Crippen molar-refractivity contribution in [1.82, 2.24) is 0 Å². The Hall–Kier alpha value is -2.46. The van der Waals surface area contributed by atoms with Crippen LogP contribution >= 0.6 is 0 Å². The fraction of sp³-hybridized carbons (Fsp3) is 0.263. The van der Waals surface area contributed by atoms with E-state index in [1.165, 1.54) is 0 Å². The van der Waals surface area contributed by atoms with Crippen molar-refractivity contribution in [3.63, 3.8) is 0 Å². The Balaban J connectivity index is 2.07. The molecule has 0 heterocycles. The summed E-state index contributed by atoms with van der Waals surface area (Å²) in [6.07, 6.45) is 0.254. The van der Waals surface area contributed by atoms with Crippen LogP contribution in [0.5, 0.6) is 0 Å². The van der Waals surface area contributed by atoms with Crippen LogP contribution in [0.15, 0.2) is 54.6 Å². The molecule has 0 bridgehead atoms. The highest BCUT2D eigenvalue weighted by molar-refractivity contribution is 5.88. The van der Waals surface area contributed by atoms with Gasteiger partial charge >= 0.3 is 5.97 Å². The van der Waals surface area contributed by atoms with E-state index in [0.717, 1.165) is 11.1 Å². The largest absolute Gasteiger partial charge is 0.481 e. The summed E-state index contributed by atoms with van der Waals surface area (Å²) >= 11 is 0. The Bertz CT molecular complexity index is 682. The number of rotatable bonds is 7. The molecule has 0 fully saturated rings. The fourth-order valence-corrected chi connectivity index (χ4v) is 2.59. The quantitative estimate of drug-likeness (QED) is 0.824. The lowest BCUT2D eigenvalue weighted by Crippen LogP contribution is -2.27. The zero-order chi connectivity index (χ0) is 16.8. The first kappa shape index (κ1) is 16.9. The smallest absolute Gasteiger partial charge is 0.307 e. The molecule has 4 nitrogen and oxygen atoms in total. The van der Waals surface area contributed by atoms with E-state index in [0.29, 0.717) is 12.0 Å². The summed E-state index contributed by atoms with van der Waals surface area (Å²) in [6.45, 7) is 1.95. The molecule has 0 aliphatic heterocycles. The van der Waals surface area contributed by atoms with Gasteiger partial charge in [0.2, 0.25) is 0 Å². The third-order valence-electron chi connectivity index (χ3n) is 3.87. The lowest BCUT2D eigenvalue weighted by atomic mass is 9.90. The van der Waals surface area contributed by atoms with Gasteiger partial charge in [0.15, 0.2) is 5.78 Å². The van der Waals surface area contributed by atoms with Gasteiger partial charge in [-0.3, -0.25) is 9.59 Å². The first-order chi connectivity index (χ1) is 11.0. The summed E-state index contributed by atoms with van der Waals surface area (Å²) in [6, 6.07) is 15.9. The van der Waals surface area contributed by atoms with E-state index in [9.17, 15) is 14.7 Å². The van der Waals surface area contributed by atoms with E-state index in [1.54, 1.807) is 12.1 Å². The lowest BCUT2D eigenvalue weighted by Gasteiger charge is -2.16. The van der Waals surface area contributed by atoms with Gasteiger partial charge in [0.25, 0.3) is 0 Å². The lowest BCUT2D eigenvalue weighted by molar-refractivity contribution is -0.143. The van der Waals surface area contributed by atoms with Gasteiger partial charge in [0, 0.05) is 6.42 Å². The molecule has 0 saturated carbocycles. The van der Waals surface area contributed by atoms with Crippen LogP contribution in [0.1, 0.15) is 29.2 Å². The molecule has 1 unspecified atom stereocenters. The minimum Gasteiger partial charge on any atom is -0.481 e. The number of hydrogen-bond acceptors (Lipinski definition) is 3. The van der Waals surface area contributed by atoms with Gasteiger partial charge in [-0.1, -0.05) is 60.2 Å². The first-order valence-electron chi connectivity index (χ1n) is 7.59. The highest BCUT2D eigenvalue weighted by Gasteiger charge is 2.25. The highest BCUT2D eigenvalue weighted by Crippen LogP contribution is 2.19. The van der Waals surface area contributed by atoms with Crippen molar-refractivity contribution in [3.05, 3.63) is 71.3 Å². The topological polar surface area (TPSA) is 80.4 Å². The number of nitrogens with two attached hydrogens (primary N) is 1. The maximum Gasteiger partial charge on any atom is 0.307 e. The van der Waals surface area contributed by atoms with Crippen LogP contribution in [0.3, 0.4) is 0 Å². The van der Waals surface area contributed by atoms with Gasteiger partial charge in [-0.05, 0) is 24.5 Å². The maximum absolute atomic E-state index is 12.3. The number of carbonyl (C=O) groups is 2. The van der Waals surface area contributed by atoms with Crippen molar-refractivity contribution in [2.45, 2.75) is 25.8 Å². The third kappa shape index (κ3) is 4.76. The Labute approximate surface area is 136 Å². The Morgan fingerprint density at radius 2 is 1.78 bits per heavy atom. The van der Waals surface area contributed by atoms with Crippen molar-refractivity contribution >= 4 is 11.8 Å². The van der Waals surface area contributed by atoms with Crippen LogP contribution in [-0.4, -0.2) is 16.9 Å². The van der Waals surface area contributed by atoms with E-state index >= 15 is 0 Å². The molecule has 0 aliphatic carbocycles. The third-order valence-corrected chi connectivity index (χ3v) is 3.87. The predicted octanol–water partition coefficient (Wildman–Crippen LogP) is 2.90. The average molecular weight is 311 g/mol. The zero-order valence-corrected chi connectivity index (χ0v) is 13.1. The molecular formula is C19H21NO3. The van der Waals surface area contributed by atoms with Gasteiger partial charge in [0.1, 0.15) is 0 Å². The second kappa shape index (κ2) is 7.70. The van der Waals surface area contributed by atoms with E-state index in [4.69, 9.17) is 5.73 Å². The molecule has 0 aliphatic rings. The summed E-state index contributed by atoms with van der Waals surface area (Å²) < 4.78 is 0. The van der Waals surface area contributed by atoms with Crippen molar-refractivity contribution in [2.75, 3.05) is 0 Å². The monoisotopic (exact) mass is 311 g/mol. The summed E-state index contributed by atoms with van der Waals surface area (Å²) in [5.41, 5.74) is 8.65. The fourth-order valence-electron chi connectivity index (χ4n) is 2.59. The van der Waals surface area contributed by atoms with Gasteiger partial charge in [-0.15, -0.1) is 0 Å². The molecule has 4 heteroatoms. The second-order valence-electron chi connectivity index (χ2n) is 5.79. The van der Waals surface area contributed by atoms with E-state index in [2.05, 4.69) is 0 Å². The summed E-state index contributed by atoms with van der Waals surface area (Å²) in [7, 11) is 0. The summed E-state index contributed by atoms with van der Waals surface area (Å²) in [5, 5.41) is 9.41. The van der Waals surface area contributed by atoms with Crippen molar-refractivity contribution in [3.8, 4) is 0 Å². The molecule has 0 aromatic heterocycles. The molecule has 0 spiro atoms. The van der Waals surface area contributed by atoms with Crippen LogP contribution in [-0.2, 0) is 16.0 Å². The molecule has 2 aromatic rings. The van der Waals surface area contributed by atoms with E-state index in [-0.39, 0.29) is 12.2 Å². The minimum atomic E-state index is -0.972. The molecule has 3 N–H and O–H groups in total. The van der Waals surface area contributed by atoms with Gasteiger partial charge in [0.05, 0.1) is 12.0 Å². The number of ketones is 1. The normalized spacial score (nSPS) is 13.3. The number of benzene rings is 2. The van der Waals surface area contributed by atoms with Gasteiger partial charge in [-0.2, -0.15) is 0 Å². The second-order valence-corrected chi connectivity index (χ2v) is 5.79. The molecule has 120 valence electrons. The van der Waals surface area contributed by atoms with Crippen LogP contribution in [0.4, 0.5) is 0 Å². The Kier molecular flexibility index (Phi) is 5.66. The predicted molar refractivity (Wildman–Crippen MR) is 89.0 cm³/mol. The molecule has 23 heavy (non-hydrogen) atoms. The van der Waals surface area contributed by atoms with Crippen LogP contribution in [0.25, 0.3) is 0 Å². The highest BCUT2D eigenvalue weighted by atomic mass is 16.4. The number of carboxylic acid groups (broad SMARTS) is 1. The molecule has 2 rings (SSSR count). The molecule has 2 atom stereocenters. The van der Waals surface area contributed by atoms with E-state index < -0.39 is 17.9 Å². The first-order valence-corrected chi connectivity index (χ1v) is 7.59. The zero-order valence-electron chi connectivity index (χ0n) is 13.1. The SMILES string of the molecule is Cc1cccc(CC(CC(=O)[C@@H](N)c2ccccc2)C(=O)O)c1. The molecule has 0 radical (unpaired) electrons. The van der Waals surface area contributed by atoms with Gasteiger partial charge in [-0.25, -0.2) is 0 Å². The van der Waals surface area contributed by atoms with Crippen molar-refractivity contribution in [2.24, 2.45) is 11.7 Å². The Morgan fingerprint density at radius 1 is 1.09 bits per heavy atom. The molecular weight excluding hydrogens is 290 g/mol. The number of Topliss-reactive ketones (excluding diaryl/α,β-unsaturated/α-hetero) is 1. The molecule has 2 aromatic carbocycles. The standard InChI is InChI=1S/C19H21NO3/c1-13-6-5-7-14(10-13)11-16(19(22)23)12-17(21)18(20)15-8-3-2-4-9-15/h2-10,16,18H,11-12,20H2,1H3,(H,22,23)/t16?,18-/m0/s1. The molecule has 0 saturated heterocycles. The van der Waals surface area contributed by atoms with E-state index in [1.807, 2.05) is 49.4 Å². The average Bonchev–Trinajstić information content (AvgIpc) is 2.54. The van der Waals surface area contributed by atoms with Crippen LogP contribution in [0, 0.1) is 12.8 Å². The summed E-state index contributed by atoms with van der Waals surface area (Å²) in [5.74, 6) is -1.99. The number of aliphatic carboxylic acids is 1. The number of hydrogen-bond donors (Lipinski definition) is 2. The Morgan fingerprint density at radius 3 is 2.39 bits per heavy atom. The maximum atomic E-state index is 12.3. The number of aryl methyl sites for hydroxylation is 1. The van der Waals surface area contributed by atoms with Crippen LogP contribution < -0.4 is 5.73 Å². The minimum absolute atomic E-state index is 0.0701. The van der Waals surface area contributed by atoms with Crippen molar-refractivity contribution < 1.29 is 14.7 Å². The van der Waals surface area contributed by atoms with Crippen molar-refractivity contribution in [1.29, 1.82) is 0 Å². The summed E-state index contributed by atoms with van der Waals surface area (Å²) in [4.78, 5) is 23.8. The molecule has 0 amide bonds. The van der Waals surface area contributed by atoms with Crippen LogP contribution in [0.2, 0.25) is 0 Å². The number of carboxylic acids is 1.